The molecule has 31 heavy (non-hydrogen) atoms. The van der Waals surface area contributed by atoms with E-state index in [4.69, 9.17) is 4.74 Å². The predicted molar refractivity (Wildman–Crippen MR) is 123 cm³/mol. The second-order valence-electron chi connectivity index (χ2n) is 7.88. The van der Waals surface area contributed by atoms with Crippen LogP contribution in [0.25, 0.3) is 0 Å². The molecule has 0 bridgehead atoms. The lowest BCUT2D eigenvalue weighted by atomic mass is 10.1. The highest BCUT2D eigenvalue weighted by atomic mass is 16.5. The molecule has 2 N–H and O–H groups in total. The van der Waals surface area contributed by atoms with Gasteiger partial charge in [-0.2, -0.15) is 0 Å². The maximum Gasteiger partial charge on any atom is 0.251 e. The van der Waals surface area contributed by atoms with Gasteiger partial charge in [0.2, 0.25) is 5.88 Å². The van der Waals surface area contributed by atoms with E-state index in [1.165, 1.54) is 11.1 Å². The molecule has 0 fully saturated rings. The van der Waals surface area contributed by atoms with Crippen LogP contribution in [-0.4, -0.2) is 22.6 Å². The number of pyridine rings is 1. The van der Waals surface area contributed by atoms with Gasteiger partial charge < -0.3 is 15.2 Å². The number of rotatable bonds is 9. The fraction of sp³-hybridized carbons (Fsp3) is 0.308. The topological polar surface area (TPSA) is 71.5 Å². The van der Waals surface area contributed by atoms with E-state index >= 15 is 0 Å². The van der Waals surface area contributed by atoms with E-state index in [0.717, 1.165) is 36.3 Å². The minimum atomic E-state index is -0.169. The third kappa shape index (κ3) is 6.57. The molecule has 162 valence electrons. The van der Waals surface area contributed by atoms with Gasteiger partial charge in [-0.1, -0.05) is 24.3 Å². The van der Waals surface area contributed by atoms with Crippen molar-refractivity contribution in [2.45, 2.75) is 46.6 Å². The summed E-state index contributed by atoms with van der Waals surface area (Å²) in [5.74, 6) is 0.720. The molecule has 1 aromatic heterocycles. The molecule has 3 rings (SSSR count). The number of amides is 1. The molecule has 3 aromatic rings. The third-order valence-corrected chi connectivity index (χ3v) is 5.21. The first kappa shape index (κ1) is 22.3. The minimum absolute atomic E-state index is 0.0282. The predicted octanol–water partition coefficient (Wildman–Crippen LogP) is 5.04. The van der Waals surface area contributed by atoms with Crippen LogP contribution in [0.4, 0.5) is 0 Å². The molecule has 1 amide bonds. The molecule has 5 heteroatoms. The van der Waals surface area contributed by atoms with Crippen molar-refractivity contribution in [3.8, 4) is 11.6 Å². The first-order chi connectivity index (χ1) is 14.9. The molecule has 0 atom stereocenters. The van der Waals surface area contributed by atoms with Gasteiger partial charge >= 0.3 is 0 Å². The lowest BCUT2D eigenvalue weighted by Gasteiger charge is -2.11. The summed E-state index contributed by atoms with van der Waals surface area (Å²) in [5, 5.41) is 12.9. The highest BCUT2D eigenvalue weighted by Crippen LogP contribution is 2.19. The normalized spacial score (nSPS) is 10.7. The summed E-state index contributed by atoms with van der Waals surface area (Å²) in [5.41, 5.74) is 5.30. The zero-order valence-corrected chi connectivity index (χ0v) is 18.4. The van der Waals surface area contributed by atoms with Gasteiger partial charge in [0.25, 0.3) is 5.91 Å². The van der Waals surface area contributed by atoms with E-state index in [0.29, 0.717) is 17.7 Å². The Balaban J connectivity index is 1.42. The molecule has 0 spiro atoms. The van der Waals surface area contributed by atoms with Gasteiger partial charge in [-0.25, -0.2) is 4.98 Å². The molecular formula is C26H30N2O3. The molecule has 1 heterocycles. The summed E-state index contributed by atoms with van der Waals surface area (Å²) < 4.78 is 5.79. The number of carbonyl (C=O) groups excluding carboxylic acids is 1. The lowest BCUT2D eigenvalue weighted by molar-refractivity contribution is 0.0950. The van der Waals surface area contributed by atoms with Gasteiger partial charge in [0.05, 0.1) is 6.61 Å². The van der Waals surface area contributed by atoms with Gasteiger partial charge in [0.1, 0.15) is 5.75 Å². The van der Waals surface area contributed by atoms with E-state index < -0.39 is 0 Å². The molecule has 0 aliphatic heterocycles. The number of ether oxygens (including phenoxy) is 1. The van der Waals surface area contributed by atoms with Crippen molar-refractivity contribution in [3.63, 3.8) is 0 Å². The van der Waals surface area contributed by atoms with Crippen LogP contribution in [0.3, 0.4) is 0 Å². The summed E-state index contributed by atoms with van der Waals surface area (Å²) in [7, 11) is 0. The Morgan fingerprint density at radius 3 is 2.52 bits per heavy atom. The number of aryl methyl sites for hydroxylation is 4. The lowest BCUT2D eigenvalue weighted by Crippen LogP contribution is -2.23. The molecule has 5 nitrogen and oxygen atoms in total. The van der Waals surface area contributed by atoms with Crippen molar-refractivity contribution >= 4 is 5.91 Å². The van der Waals surface area contributed by atoms with Gasteiger partial charge in [-0.15, -0.1) is 0 Å². The van der Waals surface area contributed by atoms with Crippen molar-refractivity contribution < 1.29 is 14.6 Å². The fourth-order valence-corrected chi connectivity index (χ4v) is 3.48. The second-order valence-corrected chi connectivity index (χ2v) is 7.88. The van der Waals surface area contributed by atoms with Crippen LogP contribution in [0.5, 0.6) is 11.6 Å². The average molecular weight is 419 g/mol. The Kier molecular flexibility index (Phi) is 7.65. The van der Waals surface area contributed by atoms with Crippen LogP contribution in [0.15, 0.2) is 54.6 Å². The van der Waals surface area contributed by atoms with Crippen LogP contribution in [0.1, 0.15) is 51.1 Å². The maximum atomic E-state index is 12.4. The van der Waals surface area contributed by atoms with E-state index in [9.17, 15) is 9.90 Å². The zero-order valence-electron chi connectivity index (χ0n) is 18.4. The van der Waals surface area contributed by atoms with Crippen LogP contribution in [0.2, 0.25) is 0 Å². The van der Waals surface area contributed by atoms with Crippen molar-refractivity contribution in [2.75, 3.05) is 6.61 Å². The Hall–Kier alpha value is -3.34. The number of hydrogen-bond acceptors (Lipinski definition) is 4. The smallest absolute Gasteiger partial charge is 0.251 e. The van der Waals surface area contributed by atoms with Crippen LogP contribution in [0, 0.1) is 20.8 Å². The summed E-state index contributed by atoms with van der Waals surface area (Å²) >= 11 is 0. The Morgan fingerprint density at radius 1 is 1.03 bits per heavy atom. The Bertz CT molecular complexity index is 1010. The van der Waals surface area contributed by atoms with Crippen molar-refractivity contribution in [1.82, 2.24) is 10.3 Å². The molecule has 0 aliphatic carbocycles. The summed E-state index contributed by atoms with van der Waals surface area (Å²) in [6, 6.07) is 17.6. The third-order valence-electron chi connectivity index (χ3n) is 5.21. The largest absolute Gasteiger partial charge is 0.494 e. The Labute approximate surface area is 184 Å². The number of aromatic hydroxyl groups is 1. The monoisotopic (exact) mass is 418 g/mol. The molecule has 0 unspecified atom stereocenters. The van der Waals surface area contributed by atoms with Crippen LogP contribution >= 0.6 is 0 Å². The fourth-order valence-electron chi connectivity index (χ4n) is 3.48. The van der Waals surface area contributed by atoms with Crippen LogP contribution < -0.4 is 10.1 Å². The molecule has 0 radical (unpaired) electrons. The number of hydrogen-bond donors (Lipinski definition) is 2. The van der Waals surface area contributed by atoms with E-state index in [1.54, 1.807) is 0 Å². The highest BCUT2D eigenvalue weighted by molar-refractivity contribution is 5.94. The van der Waals surface area contributed by atoms with E-state index in [-0.39, 0.29) is 18.3 Å². The van der Waals surface area contributed by atoms with Gasteiger partial charge in [-0.3, -0.25) is 4.79 Å². The number of nitrogens with zero attached hydrogens (tertiary/aromatic N) is 1. The molecule has 2 aromatic carbocycles. The minimum Gasteiger partial charge on any atom is -0.494 e. The second kappa shape index (κ2) is 10.6. The molecule has 0 saturated carbocycles. The zero-order chi connectivity index (χ0) is 22.2. The highest BCUT2D eigenvalue weighted by Gasteiger charge is 2.11. The standard InChI is InChI=1S/C26H30N2O3/c1-18-7-6-9-23(15-18)31-14-5-4-8-21-10-12-22(13-11-21)25(29)27-17-24-19(2)16-20(3)28-26(24)30/h6-7,9-13,15-16H,4-5,8,14,17H2,1-3H3,(H,27,29)(H,28,30). The maximum absolute atomic E-state index is 12.4. The van der Waals surface area contributed by atoms with Crippen LogP contribution in [-0.2, 0) is 13.0 Å². The molecule has 0 aliphatic rings. The number of unbranched alkanes of at least 4 members (excludes halogenated alkanes) is 1. The average Bonchev–Trinajstić information content (AvgIpc) is 2.73. The number of nitrogens with one attached hydrogen (secondary N) is 1. The van der Waals surface area contributed by atoms with E-state index in [2.05, 4.69) is 23.3 Å². The van der Waals surface area contributed by atoms with Gasteiger partial charge in [0, 0.05) is 23.4 Å². The van der Waals surface area contributed by atoms with Gasteiger partial charge in [0.15, 0.2) is 0 Å². The van der Waals surface area contributed by atoms with Gasteiger partial charge in [-0.05, 0) is 87.1 Å². The SMILES string of the molecule is Cc1cccc(OCCCCc2ccc(C(=O)NCc3c(C)cc(C)nc3O)cc2)c1. The number of carbonyl (C=O) groups is 1. The Morgan fingerprint density at radius 2 is 1.81 bits per heavy atom. The summed E-state index contributed by atoms with van der Waals surface area (Å²) in [4.78, 5) is 16.5. The van der Waals surface area contributed by atoms with Crippen molar-refractivity contribution in [1.29, 1.82) is 0 Å². The van der Waals surface area contributed by atoms with Crippen molar-refractivity contribution in [2.24, 2.45) is 0 Å². The number of benzene rings is 2. The first-order valence-electron chi connectivity index (χ1n) is 10.6. The first-order valence-corrected chi connectivity index (χ1v) is 10.6. The van der Waals surface area contributed by atoms with E-state index in [1.807, 2.05) is 62.4 Å². The number of aromatic nitrogens is 1. The molecule has 0 saturated heterocycles. The molecular weight excluding hydrogens is 388 g/mol. The van der Waals surface area contributed by atoms with Crippen molar-refractivity contribution in [3.05, 3.63) is 88.1 Å². The summed E-state index contributed by atoms with van der Waals surface area (Å²) in [6.07, 6.45) is 2.95. The quantitative estimate of drug-likeness (QED) is 0.477. The summed E-state index contributed by atoms with van der Waals surface area (Å²) in [6.45, 7) is 6.72.